The number of rotatable bonds is 8. The number of hydrogen-bond donors (Lipinski definition) is 3. The number of para-hydroxylation sites is 1. The number of methoxy groups -OCH3 is 1. The molecule has 2 fully saturated rings. The number of aromatic nitrogens is 1. The maximum atomic E-state index is 5.29. The van der Waals surface area contributed by atoms with Crippen molar-refractivity contribution in [1.29, 1.82) is 0 Å². The van der Waals surface area contributed by atoms with Gasteiger partial charge in [-0.3, -0.25) is 0 Å². The first-order chi connectivity index (χ1) is 15.3. The number of benzene rings is 2. The maximum absolute atomic E-state index is 5.29. The highest BCUT2D eigenvalue weighted by Gasteiger charge is 2.38. The molecular formula is C26H32N4O. The van der Waals surface area contributed by atoms with Crippen molar-refractivity contribution in [3.05, 3.63) is 54.6 Å². The topological polar surface area (TPSA) is 58.2 Å². The second kappa shape index (κ2) is 9.25. The summed E-state index contributed by atoms with van der Waals surface area (Å²) in [5.41, 5.74) is 4.24. The number of hydrogen-bond acceptors (Lipinski definition) is 5. The molecule has 1 saturated heterocycles. The summed E-state index contributed by atoms with van der Waals surface area (Å²) < 4.78 is 5.29. The van der Waals surface area contributed by atoms with E-state index < -0.39 is 0 Å². The molecule has 0 radical (unpaired) electrons. The molecule has 1 aromatic heterocycles. The van der Waals surface area contributed by atoms with Crippen LogP contribution in [0.3, 0.4) is 0 Å². The van der Waals surface area contributed by atoms with Crippen molar-refractivity contribution in [3.63, 3.8) is 0 Å². The van der Waals surface area contributed by atoms with Crippen LogP contribution in [-0.4, -0.2) is 44.3 Å². The Morgan fingerprint density at radius 3 is 2.77 bits per heavy atom. The van der Waals surface area contributed by atoms with Crippen LogP contribution in [0.5, 0.6) is 5.75 Å². The van der Waals surface area contributed by atoms with E-state index in [1.165, 1.54) is 31.3 Å². The first-order valence-corrected chi connectivity index (χ1v) is 11.5. The van der Waals surface area contributed by atoms with Gasteiger partial charge in [0.2, 0.25) is 0 Å². The number of ether oxygens (including phenoxy) is 1. The van der Waals surface area contributed by atoms with E-state index in [-0.39, 0.29) is 0 Å². The van der Waals surface area contributed by atoms with E-state index in [9.17, 15) is 0 Å². The van der Waals surface area contributed by atoms with E-state index in [1.807, 2.05) is 18.2 Å². The number of fused-ring (bicyclic) bond motifs is 2. The smallest absolute Gasteiger partial charge is 0.118 e. The monoisotopic (exact) mass is 416 g/mol. The van der Waals surface area contributed by atoms with Gasteiger partial charge in [-0.25, -0.2) is 4.98 Å². The second-order valence-corrected chi connectivity index (χ2v) is 8.80. The summed E-state index contributed by atoms with van der Waals surface area (Å²) in [6.45, 7) is 4.42. The van der Waals surface area contributed by atoms with Crippen molar-refractivity contribution in [1.82, 2.24) is 15.6 Å². The lowest BCUT2D eigenvalue weighted by atomic mass is 9.98. The third-order valence-corrected chi connectivity index (χ3v) is 6.93. The van der Waals surface area contributed by atoms with Crippen LogP contribution in [0.15, 0.2) is 54.6 Å². The fraction of sp³-hybridized carbons (Fsp3) is 0.423. The fourth-order valence-electron chi connectivity index (χ4n) is 5.23. The van der Waals surface area contributed by atoms with Crippen molar-refractivity contribution < 1.29 is 4.74 Å². The zero-order valence-corrected chi connectivity index (χ0v) is 18.2. The molecule has 2 aliphatic rings. The van der Waals surface area contributed by atoms with Gasteiger partial charge >= 0.3 is 0 Å². The van der Waals surface area contributed by atoms with Crippen molar-refractivity contribution >= 4 is 16.6 Å². The molecule has 0 amide bonds. The summed E-state index contributed by atoms with van der Waals surface area (Å²) >= 11 is 0. The van der Waals surface area contributed by atoms with Crippen molar-refractivity contribution in [2.75, 3.05) is 38.6 Å². The average Bonchev–Trinajstić information content (AvgIpc) is 3.43. The molecule has 3 atom stereocenters. The summed E-state index contributed by atoms with van der Waals surface area (Å²) in [5.74, 6) is 2.59. The molecule has 2 aromatic carbocycles. The molecule has 3 unspecified atom stereocenters. The van der Waals surface area contributed by atoms with Gasteiger partial charge in [-0.1, -0.05) is 18.2 Å². The summed E-state index contributed by atoms with van der Waals surface area (Å²) in [4.78, 5) is 4.89. The van der Waals surface area contributed by atoms with Crippen LogP contribution >= 0.6 is 0 Å². The van der Waals surface area contributed by atoms with Crippen molar-refractivity contribution in [2.24, 2.45) is 11.8 Å². The highest BCUT2D eigenvalue weighted by molar-refractivity contribution is 5.93. The fourth-order valence-corrected chi connectivity index (χ4v) is 5.23. The van der Waals surface area contributed by atoms with Crippen LogP contribution < -0.4 is 20.7 Å². The molecule has 0 spiro atoms. The predicted octanol–water partition coefficient (Wildman–Crippen LogP) is 4.30. The van der Waals surface area contributed by atoms with Gasteiger partial charge in [0, 0.05) is 29.2 Å². The van der Waals surface area contributed by atoms with Gasteiger partial charge in [0.15, 0.2) is 0 Å². The molecule has 5 heteroatoms. The molecule has 2 heterocycles. The van der Waals surface area contributed by atoms with Crippen LogP contribution in [-0.2, 0) is 0 Å². The zero-order valence-electron chi connectivity index (χ0n) is 18.2. The van der Waals surface area contributed by atoms with E-state index in [2.05, 4.69) is 52.3 Å². The van der Waals surface area contributed by atoms with Crippen LogP contribution in [0.4, 0.5) is 5.69 Å². The number of anilines is 1. The van der Waals surface area contributed by atoms with Gasteiger partial charge in [-0.05, 0) is 87.1 Å². The Labute approximate surface area is 184 Å². The van der Waals surface area contributed by atoms with Gasteiger partial charge in [-0.15, -0.1) is 0 Å². The Morgan fingerprint density at radius 1 is 1.03 bits per heavy atom. The van der Waals surface area contributed by atoms with E-state index in [0.717, 1.165) is 59.6 Å². The molecule has 162 valence electrons. The molecule has 5 rings (SSSR count). The Hall–Kier alpha value is -2.63. The molecule has 3 aromatic rings. The van der Waals surface area contributed by atoms with Crippen LogP contribution in [0.2, 0.25) is 0 Å². The summed E-state index contributed by atoms with van der Waals surface area (Å²) in [6, 6.07) is 19.3. The lowest BCUT2D eigenvalue weighted by Gasteiger charge is -2.19. The molecule has 5 nitrogen and oxygen atoms in total. The number of nitrogens with zero attached hydrogens (tertiary/aromatic N) is 1. The number of pyridine rings is 1. The van der Waals surface area contributed by atoms with Crippen molar-refractivity contribution in [2.45, 2.75) is 25.3 Å². The first-order valence-electron chi connectivity index (χ1n) is 11.5. The maximum Gasteiger partial charge on any atom is 0.118 e. The lowest BCUT2D eigenvalue weighted by molar-refractivity contribution is 0.389. The van der Waals surface area contributed by atoms with Gasteiger partial charge in [0.05, 0.1) is 18.3 Å². The Kier molecular flexibility index (Phi) is 6.05. The standard InChI is InChI=1S/C26H32N4O/c1-31-20-10-7-18(8-11-20)25-15-26(21-5-2-3-6-24(21)30-25)29-14-4-13-28-23-12-9-19-16-27-17-22(19)23/h2-3,5-8,10-11,15,19,22-23,27-28H,4,9,12-14,16-17H2,1H3,(H,29,30). The van der Waals surface area contributed by atoms with Crippen molar-refractivity contribution in [3.8, 4) is 17.0 Å². The highest BCUT2D eigenvalue weighted by Crippen LogP contribution is 2.34. The Balaban J connectivity index is 1.24. The molecule has 0 bridgehead atoms. The van der Waals surface area contributed by atoms with Gasteiger partial charge < -0.3 is 20.7 Å². The van der Waals surface area contributed by atoms with E-state index in [4.69, 9.17) is 9.72 Å². The molecular weight excluding hydrogens is 384 g/mol. The Bertz CT molecular complexity index is 1020. The lowest BCUT2D eigenvalue weighted by Crippen LogP contribution is -2.36. The second-order valence-electron chi connectivity index (χ2n) is 8.80. The van der Waals surface area contributed by atoms with Crippen LogP contribution in [0, 0.1) is 11.8 Å². The Morgan fingerprint density at radius 2 is 1.90 bits per heavy atom. The molecule has 1 aliphatic carbocycles. The predicted molar refractivity (Wildman–Crippen MR) is 128 cm³/mol. The molecule has 31 heavy (non-hydrogen) atoms. The third-order valence-electron chi connectivity index (χ3n) is 6.93. The normalized spacial score (nSPS) is 22.5. The minimum atomic E-state index is 0.698. The molecule has 1 saturated carbocycles. The molecule has 1 aliphatic heterocycles. The largest absolute Gasteiger partial charge is 0.497 e. The van der Waals surface area contributed by atoms with E-state index >= 15 is 0 Å². The zero-order chi connectivity index (χ0) is 21.0. The van der Waals surface area contributed by atoms with Gasteiger partial charge in [-0.2, -0.15) is 0 Å². The summed E-state index contributed by atoms with van der Waals surface area (Å²) in [6.07, 6.45) is 3.82. The number of nitrogens with one attached hydrogen (secondary N) is 3. The minimum Gasteiger partial charge on any atom is -0.497 e. The third kappa shape index (κ3) is 4.39. The summed E-state index contributed by atoms with van der Waals surface area (Å²) in [5, 5.41) is 12.2. The van der Waals surface area contributed by atoms with Gasteiger partial charge in [0.1, 0.15) is 5.75 Å². The van der Waals surface area contributed by atoms with E-state index in [1.54, 1.807) is 7.11 Å². The summed E-state index contributed by atoms with van der Waals surface area (Å²) in [7, 11) is 1.69. The SMILES string of the molecule is COc1ccc(-c2cc(NCCCNC3CCC4CNCC43)c3ccccc3n2)cc1. The first kappa shape index (κ1) is 20.3. The van der Waals surface area contributed by atoms with Crippen LogP contribution in [0.1, 0.15) is 19.3 Å². The average molecular weight is 417 g/mol. The molecule has 3 N–H and O–H groups in total. The highest BCUT2D eigenvalue weighted by atomic mass is 16.5. The van der Waals surface area contributed by atoms with Crippen LogP contribution in [0.25, 0.3) is 22.2 Å². The minimum absolute atomic E-state index is 0.698. The van der Waals surface area contributed by atoms with E-state index in [0.29, 0.717) is 6.04 Å². The quantitative estimate of drug-likeness (QED) is 0.478. The van der Waals surface area contributed by atoms with Gasteiger partial charge in [0.25, 0.3) is 0 Å².